The second-order valence-electron chi connectivity index (χ2n) is 5.66. The maximum absolute atomic E-state index is 12.0. The molecule has 2 aromatic heterocycles. The Bertz CT molecular complexity index is 624. The third kappa shape index (κ3) is 4.79. The predicted molar refractivity (Wildman–Crippen MR) is 87.9 cm³/mol. The van der Waals surface area contributed by atoms with Crippen molar-refractivity contribution in [1.82, 2.24) is 20.5 Å². The zero-order valence-corrected chi connectivity index (χ0v) is 13.7. The van der Waals surface area contributed by atoms with Crippen LogP contribution >= 0.6 is 11.8 Å². The first kappa shape index (κ1) is 16.0. The van der Waals surface area contributed by atoms with Crippen LogP contribution in [0.1, 0.15) is 38.5 Å². The number of amides is 1. The fourth-order valence-electron chi connectivity index (χ4n) is 2.69. The van der Waals surface area contributed by atoms with Gasteiger partial charge in [-0.3, -0.25) is 9.78 Å². The lowest BCUT2D eigenvalue weighted by atomic mass is 10.1. The molecule has 1 saturated carbocycles. The maximum Gasteiger partial charge on any atom is 0.277 e. The van der Waals surface area contributed by atoms with Crippen LogP contribution in [-0.2, 0) is 4.79 Å². The molecule has 1 amide bonds. The molecule has 7 heteroatoms. The van der Waals surface area contributed by atoms with Crippen molar-refractivity contribution in [1.29, 1.82) is 0 Å². The molecule has 0 bridgehead atoms. The third-order valence-electron chi connectivity index (χ3n) is 3.86. The summed E-state index contributed by atoms with van der Waals surface area (Å²) in [5.74, 6) is 0.748. The standard InChI is InChI=1S/C16H20N4O2S/c21-14(18-13-7-3-1-2-4-8-13)11-23-16-20-19-15(22-16)12-6-5-9-17-10-12/h5-6,9-10,13H,1-4,7-8,11H2,(H,18,21). The van der Waals surface area contributed by atoms with Crippen molar-refractivity contribution in [2.75, 3.05) is 5.75 Å². The lowest BCUT2D eigenvalue weighted by Gasteiger charge is -2.15. The van der Waals surface area contributed by atoms with Gasteiger partial charge in [0, 0.05) is 18.4 Å². The van der Waals surface area contributed by atoms with Crippen molar-refractivity contribution in [3.8, 4) is 11.5 Å². The molecule has 0 atom stereocenters. The molecule has 0 unspecified atom stereocenters. The van der Waals surface area contributed by atoms with E-state index >= 15 is 0 Å². The number of nitrogens with zero attached hydrogens (tertiary/aromatic N) is 3. The highest BCUT2D eigenvalue weighted by Gasteiger charge is 2.16. The summed E-state index contributed by atoms with van der Waals surface area (Å²) < 4.78 is 5.55. The summed E-state index contributed by atoms with van der Waals surface area (Å²) in [5, 5.41) is 11.5. The predicted octanol–water partition coefficient (Wildman–Crippen LogP) is 3.06. The number of carbonyl (C=O) groups is 1. The van der Waals surface area contributed by atoms with E-state index in [-0.39, 0.29) is 5.91 Å². The van der Waals surface area contributed by atoms with E-state index in [2.05, 4.69) is 20.5 Å². The molecule has 23 heavy (non-hydrogen) atoms. The summed E-state index contributed by atoms with van der Waals surface area (Å²) in [7, 11) is 0. The highest BCUT2D eigenvalue weighted by molar-refractivity contribution is 7.99. The molecule has 6 nitrogen and oxygen atoms in total. The van der Waals surface area contributed by atoms with Gasteiger partial charge in [0.1, 0.15) is 0 Å². The number of aromatic nitrogens is 3. The van der Waals surface area contributed by atoms with E-state index in [0.29, 0.717) is 22.9 Å². The van der Waals surface area contributed by atoms with Gasteiger partial charge in [0.05, 0.1) is 11.3 Å². The molecule has 3 rings (SSSR count). The number of rotatable bonds is 5. The van der Waals surface area contributed by atoms with E-state index in [1.165, 1.54) is 37.4 Å². The number of thioether (sulfide) groups is 1. The van der Waals surface area contributed by atoms with Gasteiger partial charge in [-0.15, -0.1) is 10.2 Å². The van der Waals surface area contributed by atoms with Crippen LogP contribution in [0.2, 0.25) is 0 Å². The average Bonchev–Trinajstić information content (AvgIpc) is 2.91. The van der Waals surface area contributed by atoms with Crippen LogP contribution in [0.4, 0.5) is 0 Å². The van der Waals surface area contributed by atoms with Gasteiger partial charge in [-0.1, -0.05) is 37.4 Å². The van der Waals surface area contributed by atoms with Crippen molar-refractivity contribution in [3.05, 3.63) is 24.5 Å². The fraction of sp³-hybridized carbons (Fsp3) is 0.500. The van der Waals surface area contributed by atoms with Gasteiger partial charge in [-0.05, 0) is 25.0 Å². The second-order valence-corrected chi connectivity index (χ2v) is 6.59. The Balaban J connectivity index is 1.48. The van der Waals surface area contributed by atoms with Gasteiger partial charge in [0.25, 0.3) is 5.22 Å². The van der Waals surface area contributed by atoms with Crippen LogP contribution in [0, 0.1) is 0 Å². The van der Waals surface area contributed by atoms with Crippen LogP contribution in [0.3, 0.4) is 0 Å². The minimum absolute atomic E-state index is 0.0306. The van der Waals surface area contributed by atoms with Gasteiger partial charge in [-0.2, -0.15) is 0 Å². The van der Waals surface area contributed by atoms with Crippen LogP contribution in [0.15, 0.2) is 34.2 Å². The SMILES string of the molecule is O=C(CSc1nnc(-c2cccnc2)o1)NC1CCCCCC1. The van der Waals surface area contributed by atoms with Crippen molar-refractivity contribution in [2.45, 2.75) is 49.8 Å². The van der Waals surface area contributed by atoms with Gasteiger partial charge in [0.2, 0.25) is 11.8 Å². The molecule has 1 aliphatic carbocycles. The van der Waals surface area contributed by atoms with Gasteiger partial charge in [-0.25, -0.2) is 0 Å². The van der Waals surface area contributed by atoms with E-state index in [1.807, 2.05) is 12.1 Å². The van der Waals surface area contributed by atoms with Crippen molar-refractivity contribution in [3.63, 3.8) is 0 Å². The Morgan fingerprint density at radius 3 is 2.83 bits per heavy atom. The molecule has 1 aliphatic rings. The van der Waals surface area contributed by atoms with Gasteiger partial charge in [0.15, 0.2) is 0 Å². The molecule has 0 radical (unpaired) electrons. The second kappa shape index (κ2) is 8.10. The zero-order chi connectivity index (χ0) is 15.9. The Labute approximate surface area is 139 Å². The highest BCUT2D eigenvalue weighted by Crippen LogP contribution is 2.22. The van der Waals surface area contributed by atoms with E-state index < -0.39 is 0 Å². The van der Waals surface area contributed by atoms with Crippen LogP contribution in [-0.4, -0.2) is 32.9 Å². The Kier molecular flexibility index (Phi) is 5.63. The van der Waals surface area contributed by atoms with E-state index in [9.17, 15) is 4.79 Å². The van der Waals surface area contributed by atoms with E-state index in [4.69, 9.17) is 4.42 Å². The largest absolute Gasteiger partial charge is 0.411 e. The summed E-state index contributed by atoms with van der Waals surface area (Å²) in [5.41, 5.74) is 0.773. The monoisotopic (exact) mass is 332 g/mol. The number of carbonyl (C=O) groups excluding carboxylic acids is 1. The quantitative estimate of drug-likeness (QED) is 0.669. The maximum atomic E-state index is 12.0. The van der Waals surface area contributed by atoms with Crippen LogP contribution in [0.25, 0.3) is 11.5 Å². The topological polar surface area (TPSA) is 80.9 Å². The molecule has 0 spiro atoms. The van der Waals surface area contributed by atoms with Crippen molar-refractivity contribution >= 4 is 17.7 Å². The molecule has 1 fully saturated rings. The lowest BCUT2D eigenvalue weighted by molar-refractivity contribution is -0.119. The minimum Gasteiger partial charge on any atom is -0.411 e. The molecule has 0 aliphatic heterocycles. The van der Waals surface area contributed by atoms with Crippen molar-refractivity contribution in [2.24, 2.45) is 0 Å². The molecule has 0 saturated heterocycles. The molecular formula is C16H20N4O2S. The smallest absolute Gasteiger partial charge is 0.277 e. The fourth-order valence-corrected chi connectivity index (χ4v) is 3.27. The Morgan fingerprint density at radius 2 is 2.09 bits per heavy atom. The zero-order valence-electron chi connectivity index (χ0n) is 12.9. The number of nitrogens with one attached hydrogen (secondary N) is 1. The number of hydrogen-bond acceptors (Lipinski definition) is 6. The third-order valence-corrected chi connectivity index (χ3v) is 4.68. The van der Waals surface area contributed by atoms with Crippen molar-refractivity contribution < 1.29 is 9.21 Å². The molecular weight excluding hydrogens is 312 g/mol. The van der Waals surface area contributed by atoms with Gasteiger partial charge >= 0.3 is 0 Å². The minimum atomic E-state index is 0.0306. The summed E-state index contributed by atoms with van der Waals surface area (Å²) in [6.45, 7) is 0. The number of pyridine rings is 1. The van der Waals surface area contributed by atoms with E-state index in [1.54, 1.807) is 12.4 Å². The van der Waals surface area contributed by atoms with Crippen LogP contribution < -0.4 is 5.32 Å². The Morgan fingerprint density at radius 1 is 1.26 bits per heavy atom. The summed E-state index contributed by atoms with van der Waals surface area (Å²) in [6, 6.07) is 3.99. The molecule has 0 aromatic carbocycles. The van der Waals surface area contributed by atoms with E-state index in [0.717, 1.165) is 18.4 Å². The normalized spacial score (nSPS) is 16.0. The summed E-state index contributed by atoms with van der Waals surface area (Å²) in [6.07, 6.45) is 10.5. The molecule has 122 valence electrons. The molecule has 1 N–H and O–H groups in total. The highest BCUT2D eigenvalue weighted by atomic mass is 32.2. The number of hydrogen-bond donors (Lipinski definition) is 1. The summed E-state index contributed by atoms with van der Waals surface area (Å²) >= 11 is 1.27. The Hall–Kier alpha value is -1.89. The molecule has 2 heterocycles. The average molecular weight is 332 g/mol. The first-order chi connectivity index (χ1) is 11.3. The van der Waals surface area contributed by atoms with Gasteiger partial charge < -0.3 is 9.73 Å². The summed E-state index contributed by atoms with van der Waals surface area (Å²) in [4.78, 5) is 16.1. The molecule has 2 aromatic rings. The first-order valence-corrected chi connectivity index (χ1v) is 8.96. The first-order valence-electron chi connectivity index (χ1n) is 7.97. The lowest BCUT2D eigenvalue weighted by Crippen LogP contribution is -2.35. The van der Waals surface area contributed by atoms with Crippen LogP contribution in [0.5, 0.6) is 0 Å².